The van der Waals surface area contributed by atoms with Crippen molar-refractivity contribution in [1.82, 2.24) is 4.57 Å². The number of nitrogens with zero attached hydrogens (tertiary/aromatic N) is 1. The number of fused-ring (bicyclic) bond motifs is 13. The predicted octanol–water partition coefficient (Wildman–Crippen LogP) is 10.5. The van der Waals surface area contributed by atoms with Gasteiger partial charge in [-0.2, -0.15) is 0 Å². The highest BCUT2D eigenvalue weighted by Crippen LogP contribution is 2.56. The molecule has 9 rings (SSSR count). The Morgan fingerprint density at radius 1 is 0.488 bits per heavy atom. The van der Waals surface area contributed by atoms with Gasteiger partial charge in [0.25, 0.3) is 0 Å². The number of benzene rings is 6. The molecule has 0 aliphatic heterocycles. The van der Waals surface area contributed by atoms with E-state index in [9.17, 15) is 0 Å². The molecule has 1 heterocycles. The molecule has 0 bridgehead atoms. The fraction of sp³-hybridized carbons (Fsp3) is 0.150. The quantitative estimate of drug-likeness (QED) is 0.201. The molecule has 0 fully saturated rings. The summed E-state index contributed by atoms with van der Waals surface area (Å²) in [6.07, 6.45) is 0. The minimum absolute atomic E-state index is 0.0517. The van der Waals surface area contributed by atoms with Crippen LogP contribution >= 0.6 is 0 Å². The molecule has 1 aromatic heterocycles. The van der Waals surface area contributed by atoms with Crippen molar-refractivity contribution in [2.24, 2.45) is 0 Å². The van der Waals surface area contributed by atoms with Gasteiger partial charge in [-0.3, -0.25) is 0 Å². The van der Waals surface area contributed by atoms with Gasteiger partial charge in [0.15, 0.2) is 0 Å². The minimum atomic E-state index is -0.0947. The van der Waals surface area contributed by atoms with Crippen LogP contribution in [0.1, 0.15) is 49.9 Å². The Bertz CT molecular complexity index is 2260. The van der Waals surface area contributed by atoms with Crippen LogP contribution < -0.4 is 0 Å². The van der Waals surface area contributed by atoms with Gasteiger partial charge in [0.1, 0.15) is 0 Å². The first-order valence-corrected chi connectivity index (χ1v) is 14.7. The van der Waals surface area contributed by atoms with Crippen LogP contribution in [-0.2, 0) is 10.8 Å². The molecule has 7 aromatic rings. The third kappa shape index (κ3) is 2.72. The number of hydrogen-bond donors (Lipinski definition) is 0. The second-order valence-electron chi connectivity index (χ2n) is 12.9. The van der Waals surface area contributed by atoms with Gasteiger partial charge in [-0.15, -0.1) is 0 Å². The van der Waals surface area contributed by atoms with E-state index >= 15 is 0 Å². The van der Waals surface area contributed by atoms with Gasteiger partial charge in [0, 0.05) is 32.9 Å². The maximum absolute atomic E-state index is 2.56. The summed E-state index contributed by atoms with van der Waals surface area (Å²) in [7, 11) is 0. The molecular weight excluding hydrogens is 494 g/mol. The van der Waals surface area contributed by atoms with E-state index in [4.69, 9.17) is 0 Å². The van der Waals surface area contributed by atoms with Crippen molar-refractivity contribution < 1.29 is 0 Å². The highest BCUT2D eigenvalue weighted by Gasteiger charge is 2.40. The normalized spacial score (nSPS) is 15.7. The first-order valence-electron chi connectivity index (χ1n) is 14.7. The lowest BCUT2D eigenvalue weighted by Crippen LogP contribution is -2.16. The molecule has 0 unspecified atom stereocenters. The monoisotopic (exact) mass is 525 g/mol. The molecular formula is C40H31N. The van der Waals surface area contributed by atoms with Gasteiger partial charge in [0.2, 0.25) is 0 Å². The third-order valence-corrected chi connectivity index (χ3v) is 10.1. The highest BCUT2D eigenvalue weighted by atomic mass is 15.0. The fourth-order valence-electron chi connectivity index (χ4n) is 8.31. The summed E-state index contributed by atoms with van der Waals surface area (Å²) in [5, 5.41) is 5.37. The summed E-state index contributed by atoms with van der Waals surface area (Å²) in [6, 6.07) is 43.2. The maximum atomic E-state index is 2.56. The van der Waals surface area contributed by atoms with E-state index in [1.54, 1.807) is 0 Å². The van der Waals surface area contributed by atoms with E-state index in [1.165, 1.54) is 82.8 Å². The zero-order chi connectivity index (χ0) is 27.7. The standard InChI is InChI=1S/C40H31N/c1-39(2)31-18-10-7-13-25(31)26-22-21-24(23-33(26)39)41-34-20-12-9-17-30(34)35-27-14-5-6-15-28(27)37-36(38(35)41)29-16-8-11-19-32(29)40(37,3)4/h5-23H,1-4H3. The molecule has 0 saturated heterocycles. The van der Waals surface area contributed by atoms with Crippen LogP contribution in [0.4, 0.5) is 0 Å². The Labute approximate surface area is 240 Å². The molecule has 0 amide bonds. The van der Waals surface area contributed by atoms with Crippen LogP contribution in [0.25, 0.3) is 60.5 Å². The molecule has 196 valence electrons. The molecule has 6 aromatic carbocycles. The second kappa shape index (κ2) is 7.56. The van der Waals surface area contributed by atoms with Crippen LogP contribution in [0.2, 0.25) is 0 Å². The van der Waals surface area contributed by atoms with Crippen molar-refractivity contribution in [2.75, 3.05) is 0 Å². The molecule has 0 atom stereocenters. The van der Waals surface area contributed by atoms with Gasteiger partial charge in [0.05, 0.1) is 11.0 Å². The summed E-state index contributed by atoms with van der Waals surface area (Å²) in [5.41, 5.74) is 14.8. The topological polar surface area (TPSA) is 4.93 Å². The number of aromatic nitrogens is 1. The predicted molar refractivity (Wildman–Crippen MR) is 173 cm³/mol. The summed E-state index contributed by atoms with van der Waals surface area (Å²) in [6.45, 7) is 9.55. The van der Waals surface area contributed by atoms with E-state index in [1.807, 2.05) is 0 Å². The smallest absolute Gasteiger partial charge is 0.0629 e. The number of para-hydroxylation sites is 1. The van der Waals surface area contributed by atoms with E-state index in [-0.39, 0.29) is 10.8 Å². The lowest BCUT2D eigenvalue weighted by molar-refractivity contribution is 0.660. The van der Waals surface area contributed by atoms with Gasteiger partial charge < -0.3 is 4.57 Å². The Balaban J connectivity index is 1.49. The number of rotatable bonds is 1. The molecule has 0 saturated carbocycles. The summed E-state index contributed by atoms with van der Waals surface area (Å²) < 4.78 is 2.56. The number of hydrogen-bond acceptors (Lipinski definition) is 0. The zero-order valence-electron chi connectivity index (χ0n) is 23.9. The lowest BCUT2D eigenvalue weighted by atomic mass is 9.79. The molecule has 2 aliphatic rings. The summed E-state index contributed by atoms with van der Waals surface area (Å²) >= 11 is 0. The van der Waals surface area contributed by atoms with Crippen LogP contribution in [0.5, 0.6) is 0 Å². The van der Waals surface area contributed by atoms with Crippen molar-refractivity contribution in [3.05, 3.63) is 138 Å². The maximum Gasteiger partial charge on any atom is 0.0629 e. The van der Waals surface area contributed by atoms with Crippen molar-refractivity contribution in [3.8, 4) is 27.9 Å². The van der Waals surface area contributed by atoms with Crippen LogP contribution in [-0.4, -0.2) is 4.57 Å². The van der Waals surface area contributed by atoms with Gasteiger partial charge in [-0.05, 0) is 67.9 Å². The van der Waals surface area contributed by atoms with E-state index in [0.29, 0.717) is 0 Å². The van der Waals surface area contributed by atoms with Crippen molar-refractivity contribution in [3.63, 3.8) is 0 Å². The SMILES string of the molecule is CC1(C)c2ccccc2-c2ccc(-n3c4ccccc4c4c5ccccc5c5c(c43)-c3ccccc3C5(C)C)cc21. The Hall–Kier alpha value is -4.62. The summed E-state index contributed by atoms with van der Waals surface area (Å²) in [4.78, 5) is 0. The molecule has 41 heavy (non-hydrogen) atoms. The van der Waals surface area contributed by atoms with Crippen molar-refractivity contribution >= 4 is 32.6 Å². The molecule has 0 spiro atoms. The van der Waals surface area contributed by atoms with Crippen LogP contribution in [0, 0.1) is 0 Å². The Kier molecular flexibility index (Phi) is 4.26. The zero-order valence-corrected chi connectivity index (χ0v) is 23.9. The minimum Gasteiger partial charge on any atom is -0.309 e. The summed E-state index contributed by atoms with van der Waals surface area (Å²) in [5.74, 6) is 0. The molecule has 2 aliphatic carbocycles. The molecule has 1 nitrogen and oxygen atoms in total. The van der Waals surface area contributed by atoms with Gasteiger partial charge in [-0.25, -0.2) is 0 Å². The van der Waals surface area contributed by atoms with Crippen LogP contribution in [0.3, 0.4) is 0 Å². The second-order valence-corrected chi connectivity index (χ2v) is 12.9. The average Bonchev–Trinajstić information content (AvgIpc) is 3.55. The molecule has 0 N–H and O–H groups in total. The molecule has 1 heteroatoms. The van der Waals surface area contributed by atoms with E-state index < -0.39 is 0 Å². The van der Waals surface area contributed by atoms with Gasteiger partial charge in [-0.1, -0.05) is 125 Å². The Morgan fingerprint density at radius 2 is 1.07 bits per heavy atom. The van der Waals surface area contributed by atoms with E-state index in [0.717, 1.165) is 0 Å². The van der Waals surface area contributed by atoms with Crippen LogP contribution in [0.15, 0.2) is 115 Å². The highest BCUT2D eigenvalue weighted by molar-refractivity contribution is 6.27. The fourth-order valence-corrected chi connectivity index (χ4v) is 8.31. The first kappa shape index (κ1) is 23.1. The van der Waals surface area contributed by atoms with Crippen molar-refractivity contribution in [1.29, 1.82) is 0 Å². The Morgan fingerprint density at radius 3 is 1.85 bits per heavy atom. The van der Waals surface area contributed by atoms with Crippen molar-refractivity contribution in [2.45, 2.75) is 38.5 Å². The average molecular weight is 526 g/mol. The largest absolute Gasteiger partial charge is 0.309 e. The third-order valence-electron chi connectivity index (χ3n) is 10.1. The lowest BCUT2D eigenvalue weighted by Gasteiger charge is -2.24. The molecule has 0 radical (unpaired) electrons. The first-order chi connectivity index (χ1) is 19.9. The van der Waals surface area contributed by atoms with Gasteiger partial charge >= 0.3 is 0 Å². The van der Waals surface area contributed by atoms with E-state index in [2.05, 4.69) is 148 Å².